The number of methoxy groups -OCH3 is 2. The highest BCUT2D eigenvalue weighted by Gasteiger charge is 2.24. The molecule has 3 aromatic heterocycles. The topological polar surface area (TPSA) is 117 Å². The average molecular weight is 643 g/mol. The van der Waals surface area contributed by atoms with Gasteiger partial charge in [0.05, 0.1) is 35.6 Å². The predicted molar refractivity (Wildman–Crippen MR) is 173 cm³/mol. The largest absolute Gasteiger partial charge is 0.495 e. The van der Waals surface area contributed by atoms with E-state index in [-0.39, 0.29) is 12.5 Å². The van der Waals surface area contributed by atoms with Gasteiger partial charge in [0.15, 0.2) is 5.65 Å². The molecular weight excluding hydrogens is 605 g/mol. The van der Waals surface area contributed by atoms with Crippen LogP contribution in [0.25, 0.3) is 27.8 Å². The van der Waals surface area contributed by atoms with Gasteiger partial charge in [-0.15, -0.1) is 0 Å². The van der Waals surface area contributed by atoms with Gasteiger partial charge in [0.25, 0.3) is 0 Å². The fourth-order valence-corrected chi connectivity index (χ4v) is 5.99. The fraction of sp³-hybridized carbons (Fsp3) is 0.419. The highest BCUT2D eigenvalue weighted by molar-refractivity contribution is 6.41. The van der Waals surface area contributed by atoms with E-state index in [1.165, 1.54) is 20.3 Å². The summed E-state index contributed by atoms with van der Waals surface area (Å²) in [4.78, 5) is 30.4. The predicted octanol–water partition coefficient (Wildman–Crippen LogP) is 4.71. The molecule has 1 saturated heterocycles. The highest BCUT2D eigenvalue weighted by Crippen LogP contribution is 2.47. The van der Waals surface area contributed by atoms with Crippen LogP contribution >= 0.6 is 23.2 Å². The van der Waals surface area contributed by atoms with Gasteiger partial charge in [0.2, 0.25) is 11.9 Å². The molecule has 1 aromatic carbocycles. The number of carbonyl (C=O) groups is 1. The molecule has 0 bridgehead atoms. The third-order valence-corrected chi connectivity index (χ3v) is 8.36. The molecule has 1 amide bonds. The SMILES string of the molecule is C=CC(=O)N1CCN(CCCc2cn3c(n2)c(-c2c(Cl)c(OC)cc(OC)c2Cl)cc2cnc(NCC(C)(C)O)nc23)CC1. The summed E-state index contributed by atoms with van der Waals surface area (Å²) in [6.45, 7) is 11.2. The minimum atomic E-state index is -0.938. The Kier molecular flexibility index (Phi) is 9.50. The second kappa shape index (κ2) is 13.2. The van der Waals surface area contributed by atoms with Gasteiger partial charge in [-0.25, -0.2) is 9.97 Å². The maximum atomic E-state index is 11.9. The number of nitrogens with one attached hydrogen (secondary N) is 1. The number of aryl methyl sites for hydroxylation is 1. The lowest BCUT2D eigenvalue weighted by Crippen LogP contribution is -2.48. The maximum absolute atomic E-state index is 11.9. The molecule has 0 radical (unpaired) electrons. The lowest BCUT2D eigenvalue weighted by atomic mass is 10.0. The van der Waals surface area contributed by atoms with Crippen LogP contribution in [0.1, 0.15) is 26.0 Å². The van der Waals surface area contributed by atoms with Crippen LogP contribution in [0, 0.1) is 0 Å². The second-order valence-corrected chi connectivity index (χ2v) is 12.1. The smallest absolute Gasteiger partial charge is 0.246 e. The van der Waals surface area contributed by atoms with Crippen molar-refractivity contribution in [1.29, 1.82) is 0 Å². The third kappa shape index (κ3) is 6.71. The van der Waals surface area contributed by atoms with Gasteiger partial charge < -0.3 is 24.8 Å². The van der Waals surface area contributed by atoms with Crippen molar-refractivity contribution in [3.63, 3.8) is 0 Å². The summed E-state index contributed by atoms with van der Waals surface area (Å²) in [6, 6.07) is 3.57. The van der Waals surface area contributed by atoms with E-state index < -0.39 is 5.60 Å². The molecule has 4 heterocycles. The number of anilines is 1. The van der Waals surface area contributed by atoms with Gasteiger partial charge in [-0.1, -0.05) is 29.8 Å². The fourth-order valence-electron chi connectivity index (χ4n) is 5.29. The minimum absolute atomic E-state index is 0.0199. The quantitative estimate of drug-likeness (QED) is 0.224. The molecule has 0 atom stereocenters. The lowest BCUT2D eigenvalue weighted by Gasteiger charge is -2.34. The Hall–Kier alpha value is -3.64. The van der Waals surface area contributed by atoms with Gasteiger partial charge in [-0.2, -0.15) is 4.98 Å². The number of benzene rings is 1. The van der Waals surface area contributed by atoms with Crippen molar-refractivity contribution < 1.29 is 19.4 Å². The summed E-state index contributed by atoms with van der Waals surface area (Å²) in [5.41, 5.74) is 2.42. The van der Waals surface area contributed by atoms with Gasteiger partial charge in [-0.3, -0.25) is 14.1 Å². The Labute approximate surface area is 266 Å². The second-order valence-electron chi connectivity index (χ2n) is 11.4. The van der Waals surface area contributed by atoms with E-state index in [1.807, 2.05) is 21.6 Å². The first-order valence-electron chi connectivity index (χ1n) is 14.4. The Morgan fingerprint density at radius 1 is 1.09 bits per heavy atom. The van der Waals surface area contributed by atoms with Gasteiger partial charge in [0, 0.05) is 67.7 Å². The molecule has 1 aliphatic rings. The van der Waals surface area contributed by atoms with Crippen molar-refractivity contribution in [3.05, 3.63) is 52.9 Å². The average Bonchev–Trinajstić information content (AvgIpc) is 3.44. The molecule has 1 fully saturated rings. The van der Waals surface area contributed by atoms with E-state index >= 15 is 0 Å². The molecular formula is C31H37Cl2N7O4. The van der Waals surface area contributed by atoms with Crippen molar-refractivity contribution in [1.82, 2.24) is 29.2 Å². The normalized spacial score (nSPS) is 14.3. The Morgan fingerprint density at radius 2 is 1.77 bits per heavy atom. The number of hydrogen-bond donors (Lipinski definition) is 2. The van der Waals surface area contributed by atoms with Crippen molar-refractivity contribution in [2.24, 2.45) is 0 Å². The number of fused-ring (bicyclic) bond motifs is 3. The first-order chi connectivity index (χ1) is 21.0. The van der Waals surface area contributed by atoms with E-state index in [0.717, 1.165) is 43.6 Å². The minimum Gasteiger partial charge on any atom is -0.495 e. The molecule has 44 heavy (non-hydrogen) atoms. The third-order valence-electron chi connectivity index (χ3n) is 7.61. The number of ether oxygens (including phenoxy) is 2. The summed E-state index contributed by atoms with van der Waals surface area (Å²) in [6.07, 6.45) is 6.68. The molecule has 4 aromatic rings. The summed E-state index contributed by atoms with van der Waals surface area (Å²) >= 11 is 13.7. The summed E-state index contributed by atoms with van der Waals surface area (Å²) < 4.78 is 13.0. The van der Waals surface area contributed by atoms with Crippen LogP contribution in [-0.4, -0.2) is 99.3 Å². The maximum Gasteiger partial charge on any atom is 0.246 e. The summed E-state index contributed by atoms with van der Waals surface area (Å²) in [5.74, 6) is 1.21. The molecule has 1 aliphatic heterocycles. The van der Waals surface area contributed by atoms with E-state index in [0.29, 0.717) is 63.0 Å². The molecule has 234 valence electrons. The zero-order chi connectivity index (χ0) is 31.6. The molecule has 0 unspecified atom stereocenters. The number of nitrogens with zero attached hydrogens (tertiary/aromatic N) is 6. The number of aliphatic hydroxyl groups is 1. The summed E-state index contributed by atoms with van der Waals surface area (Å²) in [5, 5.41) is 14.7. The molecule has 0 aliphatic carbocycles. The molecule has 0 spiro atoms. The van der Waals surface area contributed by atoms with Crippen LogP contribution in [0.3, 0.4) is 0 Å². The van der Waals surface area contributed by atoms with Crippen LogP contribution in [0.15, 0.2) is 37.2 Å². The number of carbonyl (C=O) groups excluding carboxylic acids is 1. The van der Waals surface area contributed by atoms with Crippen molar-refractivity contribution in [2.75, 3.05) is 58.8 Å². The van der Waals surface area contributed by atoms with E-state index in [1.54, 1.807) is 26.1 Å². The number of pyridine rings is 1. The zero-order valence-corrected chi connectivity index (χ0v) is 26.9. The van der Waals surface area contributed by atoms with Crippen LogP contribution in [0.5, 0.6) is 11.5 Å². The first kappa shape index (κ1) is 31.8. The lowest BCUT2D eigenvalue weighted by molar-refractivity contribution is -0.127. The van der Waals surface area contributed by atoms with Crippen LogP contribution in [0.2, 0.25) is 10.0 Å². The van der Waals surface area contributed by atoms with Crippen LogP contribution in [0.4, 0.5) is 5.95 Å². The number of hydrogen-bond acceptors (Lipinski definition) is 9. The standard InChI is InChI=1S/C31H37Cl2N7O4/c1-6-24(41)39-12-10-38(11-13-39)9-7-8-20-17-40-28-19(16-34-30(37-28)35-18-31(2,3)42)14-21(29(40)36-20)25-26(32)22(43-4)15-23(44-5)27(25)33/h6,14-17,42H,1,7-13,18H2,2-5H3,(H,34,35,37). The highest BCUT2D eigenvalue weighted by atomic mass is 35.5. The van der Waals surface area contributed by atoms with E-state index in [2.05, 4.69) is 21.8 Å². The summed E-state index contributed by atoms with van der Waals surface area (Å²) in [7, 11) is 3.07. The van der Waals surface area contributed by atoms with E-state index in [9.17, 15) is 9.90 Å². The van der Waals surface area contributed by atoms with Crippen molar-refractivity contribution in [3.8, 4) is 22.6 Å². The molecule has 2 N–H and O–H groups in total. The van der Waals surface area contributed by atoms with Crippen molar-refractivity contribution in [2.45, 2.75) is 32.3 Å². The number of rotatable bonds is 11. The Bertz CT molecular complexity index is 1670. The molecule has 13 heteroatoms. The monoisotopic (exact) mass is 641 g/mol. The van der Waals surface area contributed by atoms with Gasteiger partial charge >= 0.3 is 0 Å². The van der Waals surface area contributed by atoms with Crippen LogP contribution < -0.4 is 14.8 Å². The number of halogens is 2. The number of imidazole rings is 1. The number of amides is 1. The van der Waals surface area contributed by atoms with Crippen molar-refractivity contribution >= 4 is 51.7 Å². The van der Waals surface area contributed by atoms with E-state index in [4.69, 9.17) is 42.6 Å². The van der Waals surface area contributed by atoms with Crippen LogP contribution in [-0.2, 0) is 11.2 Å². The number of aromatic nitrogens is 4. The Morgan fingerprint density at radius 3 is 2.39 bits per heavy atom. The van der Waals surface area contributed by atoms with Gasteiger partial charge in [0.1, 0.15) is 17.1 Å². The zero-order valence-electron chi connectivity index (χ0n) is 25.4. The Balaban J connectivity index is 1.52. The molecule has 11 nitrogen and oxygen atoms in total. The molecule has 5 rings (SSSR count). The number of piperazine rings is 1. The van der Waals surface area contributed by atoms with Gasteiger partial charge in [-0.05, 0) is 45.4 Å². The molecule has 0 saturated carbocycles. The first-order valence-corrected chi connectivity index (χ1v) is 15.2.